The third-order valence-corrected chi connectivity index (χ3v) is 3.27. The minimum atomic E-state index is -0.823. The van der Waals surface area contributed by atoms with Gasteiger partial charge in [0.15, 0.2) is 0 Å². The van der Waals surface area contributed by atoms with Crippen molar-refractivity contribution in [2.75, 3.05) is 42.8 Å². The Morgan fingerprint density at radius 2 is 2.00 bits per heavy atom. The van der Waals surface area contributed by atoms with E-state index >= 15 is 0 Å². The van der Waals surface area contributed by atoms with E-state index in [-0.39, 0.29) is 6.01 Å². The fraction of sp³-hybridized carbons (Fsp3) is 0.750. The van der Waals surface area contributed by atoms with Crippen LogP contribution in [0.2, 0.25) is 0 Å². The van der Waals surface area contributed by atoms with Gasteiger partial charge in [-0.05, 0) is 19.6 Å². The Morgan fingerprint density at radius 1 is 1.30 bits per heavy atom. The van der Waals surface area contributed by atoms with Gasteiger partial charge >= 0.3 is 6.01 Å². The fourth-order valence-electron chi connectivity index (χ4n) is 1.44. The number of ether oxygens (including phenoxy) is 1. The van der Waals surface area contributed by atoms with Crippen LogP contribution in [-0.4, -0.2) is 57.9 Å². The lowest BCUT2D eigenvalue weighted by molar-refractivity contribution is 0.0995. The zero-order valence-electron chi connectivity index (χ0n) is 12.4. The second-order valence-corrected chi connectivity index (χ2v) is 5.51. The highest BCUT2D eigenvalue weighted by atomic mass is 32.2. The summed E-state index contributed by atoms with van der Waals surface area (Å²) in [5.74, 6) is 1.44. The van der Waals surface area contributed by atoms with Crippen molar-refractivity contribution < 1.29 is 9.84 Å². The number of aliphatic hydroxyl groups is 1. The minimum Gasteiger partial charge on any atom is -0.463 e. The van der Waals surface area contributed by atoms with Crippen molar-refractivity contribution in [1.29, 1.82) is 0 Å². The van der Waals surface area contributed by atoms with Crippen LogP contribution in [0.3, 0.4) is 0 Å². The highest BCUT2D eigenvalue weighted by molar-refractivity contribution is 7.98. The summed E-state index contributed by atoms with van der Waals surface area (Å²) in [6.45, 7) is 4.69. The summed E-state index contributed by atoms with van der Waals surface area (Å²) in [7, 11) is 1.73. The second kappa shape index (κ2) is 8.11. The van der Waals surface area contributed by atoms with Crippen LogP contribution in [0.25, 0.3) is 0 Å². The molecule has 0 aliphatic carbocycles. The van der Waals surface area contributed by atoms with Gasteiger partial charge in [0.1, 0.15) is 0 Å². The van der Waals surface area contributed by atoms with E-state index in [0.29, 0.717) is 30.8 Å². The number of aromatic nitrogens is 3. The van der Waals surface area contributed by atoms with Gasteiger partial charge < -0.3 is 20.5 Å². The molecule has 1 rings (SSSR count). The molecule has 1 atom stereocenters. The van der Waals surface area contributed by atoms with E-state index in [0.717, 1.165) is 6.42 Å². The predicted molar refractivity (Wildman–Crippen MR) is 82.7 cm³/mol. The van der Waals surface area contributed by atoms with E-state index < -0.39 is 5.60 Å². The van der Waals surface area contributed by atoms with Crippen LogP contribution in [0.4, 0.5) is 11.9 Å². The molecule has 0 fully saturated rings. The summed E-state index contributed by atoms with van der Waals surface area (Å²) in [6.07, 6.45) is 2.83. The van der Waals surface area contributed by atoms with Crippen LogP contribution in [0.15, 0.2) is 0 Å². The molecule has 0 aromatic carbocycles. The topological polar surface area (TPSA) is 92.2 Å². The first-order valence-electron chi connectivity index (χ1n) is 6.52. The van der Waals surface area contributed by atoms with Crippen LogP contribution in [-0.2, 0) is 0 Å². The molecule has 1 unspecified atom stereocenters. The number of anilines is 2. The molecule has 0 aliphatic rings. The van der Waals surface area contributed by atoms with E-state index in [1.807, 2.05) is 13.2 Å². The minimum absolute atomic E-state index is 0.276. The van der Waals surface area contributed by atoms with Crippen molar-refractivity contribution >= 4 is 23.7 Å². The molecule has 0 aliphatic heterocycles. The molecule has 20 heavy (non-hydrogen) atoms. The SMILES string of the molecule is CCCOc1nc(NC)nc(NCC(C)(O)CSC)n1. The third kappa shape index (κ3) is 5.79. The normalized spacial score (nSPS) is 13.7. The first-order chi connectivity index (χ1) is 9.50. The number of nitrogens with one attached hydrogen (secondary N) is 2. The van der Waals surface area contributed by atoms with Gasteiger partial charge in [-0.1, -0.05) is 6.92 Å². The molecule has 114 valence electrons. The largest absolute Gasteiger partial charge is 0.463 e. The Labute approximate surface area is 124 Å². The maximum Gasteiger partial charge on any atom is 0.323 e. The van der Waals surface area contributed by atoms with Gasteiger partial charge in [-0.2, -0.15) is 26.7 Å². The van der Waals surface area contributed by atoms with Crippen LogP contribution >= 0.6 is 11.8 Å². The zero-order chi connectivity index (χ0) is 15.0. The van der Waals surface area contributed by atoms with Gasteiger partial charge in [-0.25, -0.2) is 0 Å². The molecular weight excluding hydrogens is 278 g/mol. The lowest BCUT2D eigenvalue weighted by atomic mass is 10.1. The summed E-state index contributed by atoms with van der Waals surface area (Å²) in [6, 6.07) is 0.276. The summed E-state index contributed by atoms with van der Waals surface area (Å²) in [5.41, 5.74) is -0.823. The molecule has 8 heteroatoms. The molecule has 7 nitrogen and oxygen atoms in total. The predicted octanol–water partition coefficient (Wildman–Crippen LogP) is 1.23. The maximum atomic E-state index is 10.1. The van der Waals surface area contributed by atoms with Gasteiger partial charge in [-0.15, -0.1) is 0 Å². The molecule has 3 N–H and O–H groups in total. The van der Waals surface area contributed by atoms with E-state index in [2.05, 4.69) is 25.6 Å². The number of hydrogen-bond acceptors (Lipinski definition) is 8. The lowest BCUT2D eigenvalue weighted by Crippen LogP contribution is -2.36. The summed E-state index contributed by atoms with van der Waals surface area (Å²) in [5, 5.41) is 16.0. The van der Waals surface area contributed by atoms with Gasteiger partial charge in [-0.3, -0.25) is 0 Å². The Hall–Kier alpha value is -1.28. The number of thioether (sulfide) groups is 1. The Morgan fingerprint density at radius 3 is 2.60 bits per heavy atom. The standard InChI is InChI=1S/C12H23N5O2S/c1-5-6-19-11-16-9(13-3)15-10(17-11)14-7-12(2,18)8-20-4/h18H,5-8H2,1-4H3,(H2,13,14,15,16,17). The lowest BCUT2D eigenvalue weighted by Gasteiger charge is -2.22. The first kappa shape index (κ1) is 16.8. The van der Waals surface area contributed by atoms with Crippen LogP contribution in [0.5, 0.6) is 6.01 Å². The van der Waals surface area contributed by atoms with Gasteiger partial charge in [0.25, 0.3) is 0 Å². The van der Waals surface area contributed by atoms with Crippen molar-refractivity contribution in [3.8, 4) is 6.01 Å². The van der Waals surface area contributed by atoms with Gasteiger partial charge in [0.2, 0.25) is 11.9 Å². The first-order valence-corrected chi connectivity index (χ1v) is 7.92. The average molecular weight is 301 g/mol. The highest BCUT2D eigenvalue weighted by Crippen LogP contribution is 2.14. The summed E-state index contributed by atoms with van der Waals surface area (Å²) < 4.78 is 5.41. The van der Waals surface area contributed by atoms with Gasteiger partial charge in [0.05, 0.1) is 12.2 Å². The van der Waals surface area contributed by atoms with E-state index in [1.54, 1.807) is 25.7 Å². The Bertz CT molecular complexity index is 417. The monoisotopic (exact) mass is 301 g/mol. The maximum absolute atomic E-state index is 10.1. The smallest absolute Gasteiger partial charge is 0.323 e. The average Bonchev–Trinajstić information content (AvgIpc) is 2.43. The molecule has 1 aromatic heterocycles. The van der Waals surface area contributed by atoms with Crippen molar-refractivity contribution in [2.24, 2.45) is 0 Å². The van der Waals surface area contributed by atoms with E-state index in [9.17, 15) is 5.11 Å². The van der Waals surface area contributed by atoms with Crippen molar-refractivity contribution in [2.45, 2.75) is 25.9 Å². The Kier molecular flexibility index (Phi) is 6.80. The van der Waals surface area contributed by atoms with E-state index in [1.165, 1.54) is 0 Å². The van der Waals surface area contributed by atoms with Crippen LogP contribution < -0.4 is 15.4 Å². The molecule has 0 saturated heterocycles. The number of rotatable bonds is 9. The van der Waals surface area contributed by atoms with Crippen molar-refractivity contribution in [3.63, 3.8) is 0 Å². The summed E-state index contributed by atoms with van der Waals surface area (Å²) in [4.78, 5) is 12.5. The molecule has 0 saturated carbocycles. The molecule has 1 heterocycles. The number of hydrogen-bond donors (Lipinski definition) is 3. The zero-order valence-corrected chi connectivity index (χ0v) is 13.3. The molecule has 0 amide bonds. The van der Waals surface area contributed by atoms with E-state index in [4.69, 9.17) is 4.74 Å². The molecule has 0 spiro atoms. The Balaban J connectivity index is 2.73. The fourth-order valence-corrected chi connectivity index (χ4v) is 2.16. The van der Waals surface area contributed by atoms with Crippen molar-refractivity contribution in [1.82, 2.24) is 15.0 Å². The second-order valence-electron chi connectivity index (χ2n) is 4.65. The van der Waals surface area contributed by atoms with Crippen LogP contribution in [0.1, 0.15) is 20.3 Å². The number of nitrogens with zero attached hydrogens (tertiary/aromatic N) is 3. The third-order valence-electron chi connectivity index (χ3n) is 2.36. The summed E-state index contributed by atoms with van der Waals surface area (Å²) >= 11 is 1.59. The quantitative estimate of drug-likeness (QED) is 0.627. The van der Waals surface area contributed by atoms with Crippen LogP contribution in [0, 0.1) is 0 Å². The molecular formula is C12H23N5O2S. The molecule has 0 bridgehead atoms. The molecule has 0 radical (unpaired) electrons. The molecule has 1 aromatic rings. The van der Waals surface area contributed by atoms with Gasteiger partial charge in [0, 0.05) is 19.3 Å². The highest BCUT2D eigenvalue weighted by Gasteiger charge is 2.20. The van der Waals surface area contributed by atoms with Crippen molar-refractivity contribution in [3.05, 3.63) is 0 Å².